The van der Waals surface area contributed by atoms with Crippen LogP contribution in [-0.2, 0) is 11.3 Å². The highest BCUT2D eigenvalue weighted by Gasteiger charge is 2.05. The van der Waals surface area contributed by atoms with Crippen molar-refractivity contribution in [1.29, 1.82) is 0 Å². The highest BCUT2D eigenvalue weighted by Crippen LogP contribution is 2.23. The summed E-state index contributed by atoms with van der Waals surface area (Å²) in [6.07, 6.45) is 3.19. The highest BCUT2D eigenvalue weighted by molar-refractivity contribution is 5.91. The van der Waals surface area contributed by atoms with Crippen molar-refractivity contribution in [3.8, 4) is 0 Å². The van der Waals surface area contributed by atoms with Crippen LogP contribution in [0.4, 0.5) is 4.39 Å². The van der Waals surface area contributed by atoms with Gasteiger partial charge in [0, 0.05) is 29.7 Å². The summed E-state index contributed by atoms with van der Waals surface area (Å²) in [5.74, 6) is -1.19. The number of aromatic nitrogens is 1. The molecule has 0 saturated heterocycles. The van der Waals surface area contributed by atoms with Crippen molar-refractivity contribution < 1.29 is 14.3 Å². The van der Waals surface area contributed by atoms with E-state index >= 15 is 0 Å². The van der Waals surface area contributed by atoms with Crippen molar-refractivity contribution in [1.82, 2.24) is 4.57 Å². The Labute approximate surface area is 133 Å². The van der Waals surface area contributed by atoms with Crippen molar-refractivity contribution in [3.05, 3.63) is 77.7 Å². The van der Waals surface area contributed by atoms with Gasteiger partial charge in [-0.2, -0.15) is 0 Å². The number of carbonyl (C=O) groups is 1. The fourth-order valence-corrected chi connectivity index (χ4v) is 2.64. The molecule has 0 aliphatic heterocycles. The van der Waals surface area contributed by atoms with E-state index in [1.165, 1.54) is 18.2 Å². The fraction of sp³-hybridized carbons (Fsp3) is 0.105. The number of carboxylic acids is 1. The Kier molecular flexibility index (Phi) is 3.98. The van der Waals surface area contributed by atoms with Crippen LogP contribution in [0.15, 0.2) is 60.8 Å². The zero-order chi connectivity index (χ0) is 16.4. The first-order valence-corrected chi connectivity index (χ1v) is 7.28. The molecule has 0 bridgehead atoms. The molecule has 3 rings (SSSR count). The van der Waals surface area contributed by atoms with Gasteiger partial charge in [0.2, 0.25) is 0 Å². The molecule has 1 aromatic heterocycles. The number of hydrogen-bond donors (Lipinski definition) is 1. The lowest BCUT2D eigenvalue weighted by Gasteiger charge is -2.07. The Morgan fingerprint density at radius 1 is 1.17 bits per heavy atom. The average molecular weight is 309 g/mol. The molecule has 0 aliphatic rings. The molecule has 1 heterocycles. The molecule has 0 fully saturated rings. The summed E-state index contributed by atoms with van der Waals surface area (Å²) in [4.78, 5) is 10.8. The largest absolute Gasteiger partial charge is 0.478 e. The summed E-state index contributed by atoms with van der Waals surface area (Å²) in [7, 11) is 0. The number of allylic oxidation sites excluding steroid dienone is 1. The maximum Gasteiger partial charge on any atom is 0.328 e. The topological polar surface area (TPSA) is 42.2 Å². The van der Waals surface area contributed by atoms with Crippen molar-refractivity contribution in [2.45, 2.75) is 13.5 Å². The van der Waals surface area contributed by atoms with Crippen LogP contribution >= 0.6 is 0 Å². The Bertz CT molecular complexity index is 891. The van der Waals surface area contributed by atoms with Gasteiger partial charge in [-0.3, -0.25) is 0 Å². The maximum atomic E-state index is 13.0. The molecule has 3 aromatic rings. The Morgan fingerprint density at radius 3 is 2.61 bits per heavy atom. The van der Waals surface area contributed by atoms with E-state index < -0.39 is 5.97 Å². The highest BCUT2D eigenvalue weighted by atomic mass is 19.1. The van der Waals surface area contributed by atoms with E-state index in [0.29, 0.717) is 12.1 Å². The van der Waals surface area contributed by atoms with E-state index in [0.717, 1.165) is 22.0 Å². The third-order valence-electron chi connectivity index (χ3n) is 3.83. The van der Waals surface area contributed by atoms with E-state index in [1.807, 2.05) is 30.5 Å². The summed E-state index contributed by atoms with van der Waals surface area (Å²) in [6, 6.07) is 14.3. The summed E-state index contributed by atoms with van der Waals surface area (Å²) in [5.41, 5.74) is 3.68. The zero-order valence-electron chi connectivity index (χ0n) is 12.7. The molecule has 0 spiro atoms. The summed E-state index contributed by atoms with van der Waals surface area (Å²) >= 11 is 0. The van der Waals surface area contributed by atoms with Crippen LogP contribution in [-0.4, -0.2) is 15.6 Å². The molecule has 0 amide bonds. The van der Waals surface area contributed by atoms with Crippen LogP contribution in [0, 0.1) is 5.82 Å². The standard InChI is InChI=1S/C19H16FNO2/c1-13(10-19(22)23)15-4-7-18-16(11-15)8-9-21(18)12-14-2-5-17(20)6-3-14/h2-11H,12H2,1H3,(H,22,23). The smallest absolute Gasteiger partial charge is 0.328 e. The van der Waals surface area contributed by atoms with Crippen LogP contribution in [0.25, 0.3) is 16.5 Å². The maximum absolute atomic E-state index is 13.0. The molecule has 2 aromatic carbocycles. The Morgan fingerprint density at radius 2 is 1.91 bits per heavy atom. The Hall–Kier alpha value is -2.88. The van der Waals surface area contributed by atoms with Crippen molar-refractivity contribution in [2.75, 3.05) is 0 Å². The van der Waals surface area contributed by atoms with E-state index in [1.54, 1.807) is 19.1 Å². The molecule has 4 heteroatoms. The fourth-order valence-electron chi connectivity index (χ4n) is 2.64. The van der Waals surface area contributed by atoms with Crippen LogP contribution in [0.5, 0.6) is 0 Å². The van der Waals surface area contributed by atoms with Gasteiger partial charge in [-0.15, -0.1) is 0 Å². The number of benzene rings is 2. The molecule has 3 nitrogen and oxygen atoms in total. The molecule has 0 atom stereocenters. The molecule has 0 radical (unpaired) electrons. The van der Waals surface area contributed by atoms with Crippen molar-refractivity contribution >= 4 is 22.4 Å². The van der Waals surface area contributed by atoms with E-state index in [9.17, 15) is 9.18 Å². The summed E-state index contributed by atoms with van der Waals surface area (Å²) in [5, 5.41) is 9.88. The van der Waals surface area contributed by atoms with Gasteiger partial charge in [-0.05, 0) is 54.0 Å². The van der Waals surface area contributed by atoms with E-state index in [-0.39, 0.29) is 5.82 Å². The van der Waals surface area contributed by atoms with Crippen LogP contribution in [0.1, 0.15) is 18.1 Å². The summed E-state index contributed by atoms with van der Waals surface area (Å²) in [6.45, 7) is 2.44. The normalized spacial score (nSPS) is 11.8. The number of fused-ring (bicyclic) bond motifs is 1. The molecular formula is C19H16FNO2. The van der Waals surface area contributed by atoms with Crippen molar-refractivity contribution in [3.63, 3.8) is 0 Å². The van der Waals surface area contributed by atoms with Gasteiger partial charge >= 0.3 is 5.97 Å². The molecular weight excluding hydrogens is 293 g/mol. The number of carboxylic acid groups (broad SMARTS) is 1. The van der Waals surface area contributed by atoms with Gasteiger partial charge in [0.15, 0.2) is 0 Å². The monoisotopic (exact) mass is 309 g/mol. The van der Waals surface area contributed by atoms with Crippen LogP contribution < -0.4 is 0 Å². The number of rotatable bonds is 4. The lowest BCUT2D eigenvalue weighted by Crippen LogP contribution is -1.98. The van der Waals surface area contributed by atoms with Gasteiger partial charge in [0.25, 0.3) is 0 Å². The number of nitrogens with zero attached hydrogens (tertiary/aromatic N) is 1. The molecule has 1 N–H and O–H groups in total. The van der Waals surface area contributed by atoms with E-state index in [2.05, 4.69) is 4.57 Å². The minimum atomic E-state index is -0.948. The number of halogens is 1. The molecule has 23 heavy (non-hydrogen) atoms. The third kappa shape index (κ3) is 3.31. The van der Waals surface area contributed by atoms with Crippen LogP contribution in [0.3, 0.4) is 0 Å². The third-order valence-corrected chi connectivity index (χ3v) is 3.83. The quantitative estimate of drug-likeness (QED) is 0.729. The predicted octanol–water partition coefficient (Wildman–Crippen LogP) is 4.32. The first-order valence-electron chi connectivity index (χ1n) is 7.28. The second-order valence-corrected chi connectivity index (χ2v) is 5.51. The number of aliphatic carboxylic acids is 1. The molecule has 0 unspecified atom stereocenters. The van der Waals surface area contributed by atoms with E-state index in [4.69, 9.17) is 5.11 Å². The van der Waals surface area contributed by atoms with Gasteiger partial charge in [-0.1, -0.05) is 18.2 Å². The van der Waals surface area contributed by atoms with Gasteiger partial charge in [0.1, 0.15) is 5.82 Å². The SMILES string of the molecule is CC(=CC(=O)O)c1ccc2c(ccn2Cc2ccc(F)cc2)c1. The zero-order valence-corrected chi connectivity index (χ0v) is 12.7. The van der Waals surface area contributed by atoms with Gasteiger partial charge in [0.05, 0.1) is 0 Å². The molecule has 0 aliphatic carbocycles. The predicted molar refractivity (Wildman–Crippen MR) is 88.7 cm³/mol. The van der Waals surface area contributed by atoms with Crippen LogP contribution in [0.2, 0.25) is 0 Å². The first-order chi connectivity index (χ1) is 11.0. The number of hydrogen-bond acceptors (Lipinski definition) is 1. The second-order valence-electron chi connectivity index (χ2n) is 5.51. The summed E-state index contributed by atoms with van der Waals surface area (Å²) < 4.78 is 15.1. The molecule has 116 valence electrons. The lowest BCUT2D eigenvalue weighted by molar-refractivity contribution is -0.131. The minimum absolute atomic E-state index is 0.239. The second kappa shape index (κ2) is 6.08. The lowest BCUT2D eigenvalue weighted by atomic mass is 10.1. The van der Waals surface area contributed by atoms with Gasteiger partial charge in [-0.25, -0.2) is 9.18 Å². The molecule has 0 saturated carbocycles. The minimum Gasteiger partial charge on any atom is -0.478 e. The first kappa shape index (κ1) is 15.0. The van der Waals surface area contributed by atoms with Crippen molar-refractivity contribution in [2.24, 2.45) is 0 Å². The average Bonchev–Trinajstić information content (AvgIpc) is 2.91. The van der Waals surface area contributed by atoms with Gasteiger partial charge < -0.3 is 9.67 Å². The Balaban J connectivity index is 1.92.